The molecule has 9 nitrogen and oxygen atoms in total. The van der Waals surface area contributed by atoms with Crippen LogP contribution in [-0.4, -0.2) is 75.7 Å². The van der Waals surface area contributed by atoms with Crippen LogP contribution in [0.5, 0.6) is 0 Å². The number of carbonyl (C=O) groups excluding carboxylic acids is 4. The maximum absolute atomic E-state index is 12.9. The van der Waals surface area contributed by atoms with E-state index in [0.29, 0.717) is 43.1 Å². The number of hydrogen-bond donors (Lipinski definition) is 0. The molecule has 0 bridgehead atoms. The third-order valence-corrected chi connectivity index (χ3v) is 5.38. The lowest BCUT2D eigenvalue weighted by molar-refractivity contribution is 0.0529. The summed E-state index contributed by atoms with van der Waals surface area (Å²) in [4.78, 5) is 54.9. The molecule has 30 heavy (non-hydrogen) atoms. The molecule has 0 aliphatic carbocycles. The van der Waals surface area contributed by atoms with Crippen LogP contribution in [0.25, 0.3) is 0 Å². The number of hydrogen-bond acceptors (Lipinski definition) is 6. The summed E-state index contributed by atoms with van der Waals surface area (Å²) in [6, 6.07) is 5.94. The third kappa shape index (κ3) is 3.26. The fourth-order valence-electron chi connectivity index (χ4n) is 3.79. The molecule has 1 saturated heterocycles. The van der Waals surface area contributed by atoms with Gasteiger partial charge in [-0.25, -0.2) is 0 Å². The van der Waals surface area contributed by atoms with Crippen LogP contribution in [0.3, 0.4) is 0 Å². The van der Waals surface area contributed by atoms with Crippen LogP contribution in [0, 0.1) is 6.92 Å². The second-order valence-electron chi connectivity index (χ2n) is 7.74. The molecule has 0 atom stereocenters. The lowest BCUT2D eigenvalue weighted by Crippen LogP contribution is -2.50. The van der Waals surface area contributed by atoms with Gasteiger partial charge in [0.2, 0.25) is 0 Å². The summed E-state index contributed by atoms with van der Waals surface area (Å²) >= 11 is 0. The van der Waals surface area contributed by atoms with Crippen LogP contribution in [0.4, 0.5) is 0 Å². The lowest BCUT2D eigenvalue weighted by atomic mass is 10.0. The molecule has 0 saturated carbocycles. The van der Waals surface area contributed by atoms with Crippen LogP contribution in [0.15, 0.2) is 28.8 Å². The van der Waals surface area contributed by atoms with Gasteiger partial charge in [0.05, 0.1) is 11.1 Å². The molecule has 2 aliphatic rings. The van der Waals surface area contributed by atoms with Crippen molar-refractivity contribution in [1.82, 2.24) is 19.9 Å². The fourth-order valence-corrected chi connectivity index (χ4v) is 3.79. The normalized spacial score (nSPS) is 16.5. The van der Waals surface area contributed by atoms with Crippen LogP contribution >= 0.6 is 0 Å². The highest BCUT2D eigenvalue weighted by atomic mass is 16.5. The van der Waals surface area contributed by atoms with E-state index >= 15 is 0 Å². The number of rotatable bonds is 3. The standard InChI is InChI=1S/C21H22N4O5/c1-12(2)25-19(27)15-5-4-14(11-16(15)20(25)28)18(26)23-6-8-24(9-7-23)21(29)17-10-13(3)30-22-17/h4-5,10-12H,6-9H2,1-3H3. The molecule has 2 aliphatic heterocycles. The molecular weight excluding hydrogens is 388 g/mol. The number of aryl methyl sites for hydroxylation is 1. The topological polar surface area (TPSA) is 104 Å². The molecule has 3 heterocycles. The number of benzene rings is 1. The lowest BCUT2D eigenvalue weighted by Gasteiger charge is -2.34. The van der Waals surface area contributed by atoms with E-state index in [1.54, 1.807) is 42.7 Å². The third-order valence-electron chi connectivity index (χ3n) is 5.38. The highest BCUT2D eigenvalue weighted by Gasteiger charge is 2.38. The summed E-state index contributed by atoms with van der Waals surface area (Å²) in [6.07, 6.45) is 0. The maximum atomic E-state index is 12.9. The summed E-state index contributed by atoms with van der Waals surface area (Å²) in [5.41, 5.74) is 1.19. The van der Waals surface area contributed by atoms with E-state index in [-0.39, 0.29) is 40.9 Å². The Morgan fingerprint density at radius 3 is 2.10 bits per heavy atom. The molecule has 0 spiro atoms. The second-order valence-corrected chi connectivity index (χ2v) is 7.74. The Bertz CT molecular complexity index is 1050. The van der Waals surface area contributed by atoms with Gasteiger partial charge in [0.1, 0.15) is 5.76 Å². The summed E-state index contributed by atoms with van der Waals surface area (Å²) in [5.74, 6) is -0.607. The number of imide groups is 1. The highest BCUT2D eigenvalue weighted by molar-refractivity contribution is 6.22. The summed E-state index contributed by atoms with van der Waals surface area (Å²) in [6.45, 7) is 6.74. The van der Waals surface area contributed by atoms with Gasteiger partial charge in [-0.1, -0.05) is 5.16 Å². The Morgan fingerprint density at radius 1 is 0.933 bits per heavy atom. The zero-order chi connectivity index (χ0) is 21.6. The van der Waals surface area contributed by atoms with Crippen molar-refractivity contribution >= 4 is 23.6 Å². The zero-order valence-electron chi connectivity index (χ0n) is 17.0. The number of piperazine rings is 1. The van der Waals surface area contributed by atoms with Gasteiger partial charge in [-0.15, -0.1) is 0 Å². The van der Waals surface area contributed by atoms with E-state index in [4.69, 9.17) is 4.52 Å². The first-order chi connectivity index (χ1) is 14.3. The van der Waals surface area contributed by atoms with Gasteiger partial charge in [0.15, 0.2) is 5.69 Å². The Morgan fingerprint density at radius 2 is 1.53 bits per heavy atom. The Balaban J connectivity index is 1.45. The van der Waals surface area contributed by atoms with Crippen molar-refractivity contribution in [3.05, 3.63) is 52.4 Å². The maximum Gasteiger partial charge on any atom is 0.276 e. The van der Waals surface area contributed by atoms with E-state index in [0.717, 1.165) is 0 Å². The zero-order valence-corrected chi connectivity index (χ0v) is 17.0. The first-order valence-corrected chi connectivity index (χ1v) is 9.81. The Kier molecular flexibility index (Phi) is 4.89. The van der Waals surface area contributed by atoms with E-state index in [1.807, 2.05) is 0 Å². The molecule has 1 aromatic heterocycles. The molecule has 0 radical (unpaired) electrons. The summed E-state index contributed by atoms with van der Waals surface area (Å²) in [5, 5.41) is 3.75. The number of carbonyl (C=O) groups is 4. The second kappa shape index (κ2) is 7.40. The average molecular weight is 410 g/mol. The first-order valence-electron chi connectivity index (χ1n) is 9.81. The predicted octanol–water partition coefficient (Wildman–Crippen LogP) is 1.59. The molecule has 156 valence electrons. The molecule has 0 N–H and O–H groups in total. The average Bonchev–Trinajstić information content (AvgIpc) is 3.28. The van der Waals surface area contributed by atoms with Gasteiger partial charge >= 0.3 is 0 Å². The van der Waals surface area contributed by atoms with Crippen molar-refractivity contribution < 1.29 is 23.7 Å². The number of amides is 4. The van der Waals surface area contributed by atoms with Crippen LogP contribution in [0.2, 0.25) is 0 Å². The monoisotopic (exact) mass is 410 g/mol. The predicted molar refractivity (Wildman–Crippen MR) is 105 cm³/mol. The molecule has 1 aromatic carbocycles. The summed E-state index contributed by atoms with van der Waals surface area (Å²) in [7, 11) is 0. The van der Waals surface area contributed by atoms with Gasteiger partial charge in [0.25, 0.3) is 23.6 Å². The Hall–Kier alpha value is -3.49. The fraction of sp³-hybridized carbons (Fsp3) is 0.381. The number of fused-ring (bicyclic) bond motifs is 1. The van der Waals surface area contributed by atoms with Crippen LogP contribution in [-0.2, 0) is 0 Å². The quantitative estimate of drug-likeness (QED) is 0.712. The van der Waals surface area contributed by atoms with Crippen molar-refractivity contribution in [3.8, 4) is 0 Å². The highest BCUT2D eigenvalue weighted by Crippen LogP contribution is 2.26. The number of nitrogens with zero attached hydrogens (tertiary/aromatic N) is 4. The van der Waals surface area contributed by atoms with E-state index in [1.165, 1.54) is 17.0 Å². The molecule has 2 aromatic rings. The molecule has 9 heteroatoms. The van der Waals surface area contributed by atoms with Gasteiger partial charge in [-0.2, -0.15) is 0 Å². The minimum atomic E-state index is -0.377. The van der Waals surface area contributed by atoms with Gasteiger partial charge < -0.3 is 14.3 Å². The van der Waals surface area contributed by atoms with Crippen LogP contribution in [0.1, 0.15) is 61.2 Å². The molecule has 0 unspecified atom stereocenters. The van der Waals surface area contributed by atoms with Crippen LogP contribution < -0.4 is 0 Å². The molecular formula is C21H22N4O5. The smallest absolute Gasteiger partial charge is 0.276 e. The van der Waals surface area contributed by atoms with Crippen molar-refractivity contribution in [2.75, 3.05) is 26.2 Å². The van der Waals surface area contributed by atoms with Crippen molar-refractivity contribution in [2.45, 2.75) is 26.8 Å². The van der Waals surface area contributed by atoms with E-state index in [2.05, 4.69) is 5.16 Å². The minimum Gasteiger partial charge on any atom is -0.361 e. The van der Waals surface area contributed by atoms with Crippen molar-refractivity contribution in [1.29, 1.82) is 0 Å². The SMILES string of the molecule is Cc1cc(C(=O)N2CCN(C(=O)c3ccc4c(c3)C(=O)N(C(C)C)C4=O)CC2)no1. The van der Waals surface area contributed by atoms with E-state index in [9.17, 15) is 19.2 Å². The largest absolute Gasteiger partial charge is 0.361 e. The minimum absolute atomic E-state index is 0.227. The van der Waals surface area contributed by atoms with Crippen molar-refractivity contribution in [2.24, 2.45) is 0 Å². The molecule has 4 amide bonds. The first kappa shape index (κ1) is 19.8. The van der Waals surface area contributed by atoms with Crippen molar-refractivity contribution in [3.63, 3.8) is 0 Å². The van der Waals surface area contributed by atoms with E-state index < -0.39 is 0 Å². The van der Waals surface area contributed by atoms with Gasteiger partial charge in [-0.05, 0) is 39.0 Å². The van der Waals surface area contributed by atoms with Gasteiger partial charge in [0, 0.05) is 43.9 Å². The number of aromatic nitrogens is 1. The van der Waals surface area contributed by atoms with Gasteiger partial charge in [-0.3, -0.25) is 24.1 Å². The molecule has 1 fully saturated rings. The Labute approximate surface area is 173 Å². The summed E-state index contributed by atoms with van der Waals surface area (Å²) < 4.78 is 4.95. The molecule has 4 rings (SSSR count).